The minimum absolute atomic E-state index is 0.125. The number of aromatic nitrogens is 2. The summed E-state index contributed by atoms with van der Waals surface area (Å²) in [4.78, 5) is 29.9. The van der Waals surface area contributed by atoms with E-state index in [1.54, 1.807) is 26.4 Å². The monoisotopic (exact) mass is 509 g/mol. The lowest BCUT2D eigenvalue weighted by Crippen LogP contribution is -2.50. The molecule has 2 aliphatic rings. The number of amides is 2. The van der Waals surface area contributed by atoms with Gasteiger partial charge in [-0.25, -0.2) is 14.8 Å². The summed E-state index contributed by atoms with van der Waals surface area (Å²) in [5, 5.41) is 4.25. The standard InChI is InChI=1S/C27H35N5O3S/c1-5-6-23-29-25(24-19-9-7-17(2)15-22(19)36-26(24)30-23)31-11-13-32(14-12-31)27(33)28-20-10-8-18(34-3)16-21(20)35-4/h8,10,16-17H,5-7,9,11-15H2,1-4H3,(H,28,33). The number of nitrogens with one attached hydrogen (secondary N) is 1. The van der Waals surface area contributed by atoms with Gasteiger partial charge >= 0.3 is 6.03 Å². The molecule has 3 heterocycles. The molecule has 0 bridgehead atoms. The summed E-state index contributed by atoms with van der Waals surface area (Å²) in [5.41, 5.74) is 2.09. The Morgan fingerprint density at radius 2 is 1.97 bits per heavy atom. The van der Waals surface area contributed by atoms with Gasteiger partial charge in [0.25, 0.3) is 0 Å². The van der Waals surface area contributed by atoms with Crippen LogP contribution in [-0.4, -0.2) is 61.3 Å². The number of rotatable bonds is 6. The molecule has 3 aromatic rings. The number of fused-ring (bicyclic) bond motifs is 3. The largest absolute Gasteiger partial charge is 0.497 e. The van der Waals surface area contributed by atoms with Crippen molar-refractivity contribution >= 4 is 39.1 Å². The van der Waals surface area contributed by atoms with E-state index >= 15 is 0 Å². The van der Waals surface area contributed by atoms with Crippen molar-refractivity contribution in [3.8, 4) is 11.5 Å². The van der Waals surface area contributed by atoms with Crippen molar-refractivity contribution in [1.82, 2.24) is 14.9 Å². The van der Waals surface area contributed by atoms with Gasteiger partial charge in [0.2, 0.25) is 0 Å². The molecule has 192 valence electrons. The van der Waals surface area contributed by atoms with Crippen molar-refractivity contribution in [2.45, 2.75) is 46.0 Å². The zero-order valence-electron chi connectivity index (χ0n) is 21.6. The number of nitrogens with zero attached hydrogens (tertiary/aromatic N) is 4. The van der Waals surface area contributed by atoms with E-state index in [1.807, 2.05) is 22.3 Å². The van der Waals surface area contributed by atoms with Crippen LogP contribution in [0.1, 0.15) is 43.0 Å². The fourth-order valence-electron chi connectivity index (χ4n) is 5.15. The SMILES string of the molecule is CCCc1nc(N2CCN(C(=O)Nc3ccc(OC)cc3OC)CC2)c2c3c(sc2n1)CC(C)CC3. The van der Waals surface area contributed by atoms with E-state index in [0.29, 0.717) is 30.3 Å². The Labute approximate surface area is 216 Å². The first kappa shape index (κ1) is 24.6. The second kappa shape index (κ2) is 10.5. The fraction of sp³-hybridized carbons (Fsp3) is 0.519. The molecule has 5 rings (SSSR count). The predicted octanol–water partition coefficient (Wildman–Crippen LogP) is 5.14. The molecule has 0 radical (unpaired) electrons. The molecule has 2 amide bonds. The van der Waals surface area contributed by atoms with Gasteiger partial charge < -0.3 is 24.6 Å². The first-order chi connectivity index (χ1) is 17.5. The van der Waals surface area contributed by atoms with Crippen LogP contribution in [0.25, 0.3) is 10.2 Å². The van der Waals surface area contributed by atoms with Gasteiger partial charge in [-0.2, -0.15) is 0 Å². The summed E-state index contributed by atoms with van der Waals surface area (Å²) < 4.78 is 10.7. The molecule has 1 fully saturated rings. The van der Waals surface area contributed by atoms with E-state index in [0.717, 1.165) is 61.2 Å². The normalized spacial score (nSPS) is 17.7. The molecule has 1 saturated heterocycles. The van der Waals surface area contributed by atoms with Crippen LogP contribution in [0.5, 0.6) is 11.5 Å². The Balaban J connectivity index is 1.34. The summed E-state index contributed by atoms with van der Waals surface area (Å²) in [5.74, 6) is 3.97. The Hall–Kier alpha value is -3.07. The minimum atomic E-state index is -0.125. The molecule has 1 aliphatic heterocycles. The quantitative estimate of drug-likeness (QED) is 0.496. The lowest BCUT2D eigenvalue weighted by atomic mass is 9.89. The highest BCUT2D eigenvalue weighted by Crippen LogP contribution is 2.41. The number of piperazine rings is 1. The number of hydrogen-bond donors (Lipinski definition) is 1. The molecule has 1 aromatic carbocycles. The highest BCUT2D eigenvalue weighted by molar-refractivity contribution is 7.19. The third kappa shape index (κ3) is 4.81. The molecule has 36 heavy (non-hydrogen) atoms. The third-order valence-electron chi connectivity index (χ3n) is 7.17. The number of hydrogen-bond acceptors (Lipinski definition) is 7. The van der Waals surface area contributed by atoms with Gasteiger partial charge in [0, 0.05) is 43.5 Å². The van der Waals surface area contributed by atoms with Crippen LogP contribution in [-0.2, 0) is 19.3 Å². The lowest BCUT2D eigenvalue weighted by Gasteiger charge is -2.36. The highest BCUT2D eigenvalue weighted by atomic mass is 32.1. The summed E-state index contributed by atoms with van der Waals surface area (Å²) in [7, 11) is 3.19. The van der Waals surface area contributed by atoms with Gasteiger partial charge in [-0.3, -0.25) is 0 Å². The molecule has 1 atom stereocenters. The van der Waals surface area contributed by atoms with Crippen LogP contribution in [0.4, 0.5) is 16.3 Å². The van der Waals surface area contributed by atoms with Crippen LogP contribution in [0, 0.1) is 5.92 Å². The average molecular weight is 510 g/mol. The number of thiophene rings is 1. The van der Waals surface area contributed by atoms with Crippen molar-refractivity contribution in [1.29, 1.82) is 0 Å². The van der Waals surface area contributed by atoms with Gasteiger partial charge in [0.1, 0.15) is 28.0 Å². The van der Waals surface area contributed by atoms with Gasteiger partial charge in [-0.15, -0.1) is 11.3 Å². The minimum Gasteiger partial charge on any atom is -0.497 e. The highest BCUT2D eigenvalue weighted by Gasteiger charge is 2.28. The van der Waals surface area contributed by atoms with Gasteiger partial charge in [-0.05, 0) is 49.3 Å². The smallest absolute Gasteiger partial charge is 0.322 e. The third-order valence-corrected chi connectivity index (χ3v) is 8.32. The summed E-state index contributed by atoms with van der Waals surface area (Å²) in [6.07, 6.45) is 5.37. The number of carbonyl (C=O) groups excluding carboxylic acids is 1. The van der Waals surface area contributed by atoms with E-state index in [4.69, 9.17) is 19.4 Å². The van der Waals surface area contributed by atoms with E-state index in [-0.39, 0.29) is 6.03 Å². The number of anilines is 2. The molecule has 1 aliphatic carbocycles. The Morgan fingerprint density at radius 1 is 1.17 bits per heavy atom. The maximum absolute atomic E-state index is 13.1. The van der Waals surface area contributed by atoms with E-state index in [9.17, 15) is 4.79 Å². The van der Waals surface area contributed by atoms with Crippen molar-refractivity contribution in [2.75, 3.05) is 50.6 Å². The van der Waals surface area contributed by atoms with E-state index in [2.05, 4.69) is 24.1 Å². The molecule has 9 heteroatoms. The van der Waals surface area contributed by atoms with E-state index < -0.39 is 0 Å². The Kier molecular flexibility index (Phi) is 7.18. The van der Waals surface area contributed by atoms with Crippen molar-refractivity contribution < 1.29 is 14.3 Å². The zero-order chi connectivity index (χ0) is 25.2. The summed E-state index contributed by atoms with van der Waals surface area (Å²) in [6.45, 7) is 7.25. The Morgan fingerprint density at radius 3 is 2.69 bits per heavy atom. The number of ether oxygens (including phenoxy) is 2. The number of benzene rings is 1. The van der Waals surface area contributed by atoms with E-state index in [1.165, 1.54) is 22.2 Å². The first-order valence-electron chi connectivity index (χ1n) is 12.8. The van der Waals surface area contributed by atoms with Crippen LogP contribution in [0.15, 0.2) is 18.2 Å². The van der Waals surface area contributed by atoms with Crippen molar-refractivity contribution in [2.24, 2.45) is 5.92 Å². The zero-order valence-corrected chi connectivity index (χ0v) is 22.4. The van der Waals surface area contributed by atoms with Gasteiger partial charge in [-0.1, -0.05) is 13.8 Å². The maximum atomic E-state index is 13.1. The maximum Gasteiger partial charge on any atom is 0.322 e. The molecule has 2 aromatic heterocycles. The van der Waals surface area contributed by atoms with Gasteiger partial charge in [0.15, 0.2) is 0 Å². The molecule has 1 N–H and O–H groups in total. The van der Waals surface area contributed by atoms with Crippen LogP contribution >= 0.6 is 11.3 Å². The fourth-order valence-corrected chi connectivity index (χ4v) is 6.54. The Bertz CT molecular complexity index is 1250. The molecule has 0 spiro atoms. The van der Waals surface area contributed by atoms with Gasteiger partial charge in [0.05, 0.1) is 25.3 Å². The number of methoxy groups -OCH3 is 2. The van der Waals surface area contributed by atoms with Crippen LogP contribution < -0.4 is 19.7 Å². The first-order valence-corrected chi connectivity index (χ1v) is 13.7. The molecular formula is C27H35N5O3S. The number of carbonyl (C=O) groups is 1. The van der Waals surface area contributed by atoms with Crippen molar-refractivity contribution in [3.63, 3.8) is 0 Å². The average Bonchev–Trinajstić information content (AvgIpc) is 3.26. The second-order valence-corrected chi connectivity index (χ2v) is 10.8. The number of urea groups is 1. The molecule has 8 nitrogen and oxygen atoms in total. The summed E-state index contributed by atoms with van der Waals surface area (Å²) in [6, 6.07) is 5.26. The summed E-state index contributed by atoms with van der Waals surface area (Å²) >= 11 is 1.86. The predicted molar refractivity (Wildman–Crippen MR) is 145 cm³/mol. The van der Waals surface area contributed by atoms with Crippen LogP contribution in [0.2, 0.25) is 0 Å². The molecule has 1 unspecified atom stereocenters. The lowest BCUT2D eigenvalue weighted by molar-refractivity contribution is 0.208. The second-order valence-electron chi connectivity index (χ2n) is 9.72. The topological polar surface area (TPSA) is 79.8 Å². The van der Waals surface area contributed by atoms with Crippen molar-refractivity contribution in [3.05, 3.63) is 34.5 Å². The number of aryl methyl sites for hydroxylation is 2. The van der Waals surface area contributed by atoms with Crippen LogP contribution in [0.3, 0.4) is 0 Å². The molecule has 0 saturated carbocycles. The molecular weight excluding hydrogens is 474 g/mol.